The van der Waals surface area contributed by atoms with E-state index in [0.717, 1.165) is 29.9 Å². The van der Waals surface area contributed by atoms with Crippen molar-refractivity contribution in [2.24, 2.45) is 5.73 Å². The minimum Gasteiger partial charge on any atom is -0.389 e. The van der Waals surface area contributed by atoms with Crippen molar-refractivity contribution in [3.05, 3.63) is 29.3 Å². The highest BCUT2D eigenvalue weighted by atomic mass is 32.1. The number of carbonyl (C=O) groups is 1. The fourth-order valence-electron chi connectivity index (χ4n) is 2.13. The van der Waals surface area contributed by atoms with Gasteiger partial charge in [-0.05, 0) is 38.5 Å². The van der Waals surface area contributed by atoms with Gasteiger partial charge in [-0.3, -0.25) is 4.79 Å². The van der Waals surface area contributed by atoms with E-state index in [1.165, 1.54) is 0 Å². The molecule has 0 spiro atoms. The molecule has 1 aromatic carbocycles. The Labute approximate surface area is 126 Å². The third-order valence-electron chi connectivity index (χ3n) is 3.32. The second kappa shape index (κ2) is 7.24. The predicted octanol–water partition coefficient (Wildman–Crippen LogP) is 1.93. The van der Waals surface area contributed by atoms with Gasteiger partial charge < -0.3 is 15.5 Å². The van der Waals surface area contributed by atoms with Gasteiger partial charge in [-0.15, -0.1) is 0 Å². The molecule has 1 rings (SSSR count). The van der Waals surface area contributed by atoms with Crippen molar-refractivity contribution >= 4 is 28.8 Å². The van der Waals surface area contributed by atoms with Gasteiger partial charge in [-0.2, -0.15) is 0 Å². The highest BCUT2D eigenvalue weighted by molar-refractivity contribution is 7.80. The molecule has 0 atom stereocenters. The summed E-state index contributed by atoms with van der Waals surface area (Å²) in [6, 6.07) is 5.88. The average Bonchev–Trinajstić information content (AvgIpc) is 2.39. The molecule has 0 heterocycles. The molecule has 0 radical (unpaired) electrons. The highest BCUT2D eigenvalue weighted by Gasteiger charge is 2.16. The van der Waals surface area contributed by atoms with E-state index in [0.29, 0.717) is 11.5 Å². The number of thiocarbonyl (C=S) groups is 1. The van der Waals surface area contributed by atoms with Crippen LogP contribution in [-0.4, -0.2) is 42.5 Å². The largest absolute Gasteiger partial charge is 0.389 e. The van der Waals surface area contributed by atoms with E-state index in [4.69, 9.17) is 18.0 Å². The first-order chi connectivity index (χ1) is 9.40. The van der Waals surface area contributed by atoms with Gasteiger partial charge in [0.1, 0.15) is 4.99 Å². The molecular weight excluding hydrogens is 270 g/mol. The van der Waals surface area contributed by atoms with Crippen LogP contribution in [0, 0.1) is 6.92 Å². The summed E-state index contributed by atoms with van der Waals surface area (Å²) in [7, 11) is 1.89. The zero-order chi connectivity index (χ0) is 15.3. The van der Waals surface area contributed by atoms with Crippen molar-refractivity contribution in [3.8, 4) is 0 Å². The number of amides is 1. The fraction of sp³-hybridized carbons (Fsp3) is 0.467. The Hall–Kier alpha value is -1.62. The molecule has 0 aliphatic heterocycles. The van der Waals surface area contributed by atoms with Crippen LogP contribution in [-0.2, 0) is 4.79 Å². The number of carbonyl (C=O) groups excluding carboxylic acids is 1. The number of nitrogens with zero attached hydrogens (tertiary/aromatic N) is 2. The first kappa shape index (κ1) is 16.4. The van der Waals surface area contributed by atoms with Crippen LogP contribution in [0.2, 0.25) is 0 Å². The van der Waals surface area contributed by atoms with Crippen molar-refractivity contribution in [2.45, 2.75) is 20.8 Å². The van der Waals surface area contributed by atoms with Crippen LogP contribution < -0.4 is 10.6 Å². The van der Waals surface area contributed by atoms with Crippen molar-refractivity contribution in [1.29, 1.82) is 0 Å². The smallest absolute Gasteiger partial charge is 0.242 e. The number of benzene rings is 1. The summed E-state index contributed by atoms with van der Waals surface area (Å²) in [5.41, 5.74) is 8.57. The molecule has 0 saturated carbocycles. The van der Waals surface area contributed by atoms with Crippen molar-refractivity contribution < 1.29 is 4.79 Å². The number of anilines is 1. The summed E-state index contributed by atoms with van der Waals surface area (Å²) in [4.78, 5) is 16.2. The van der Waals surface area contributed by atoms with Gasteiger partial charge in [0.2, 0.25) is 5.91 Å². The lowest BCUT2D eigenvalue weighted by molar-refractivity contribution is -0.129. The lowest BCUT2D eigenvalue weighted by Crippen LogP contribution is -2.39. The first-order valence-electron chi connectivity index (χ1n) is 6.80. The number of likely N-dealkylation sites (N-methyl/N-ethyl adjacent to an activating group) is 2. The summed E-state index contributed by atoms with van der Waals surface area (Å²) in [6.07, 6.45) is 0. The van der Waals surface area contributed by atoms with Crippen LogP contribution in [0.3, 0.4) is 0 Å². The third kappa shape index (κ3) is 3.93. The Morgan fingerprint density at radius 2 is 1.90 bits per heavy atom. The van der Waals surface area contributed by atoms with E-state index in [9.17, 15) is 4.79 Å². The van der Waals surface area contributed by atoms with Crippen LogP contribution in [0.1, 0.15) is 25.0 Å². The van der Waals surface area contributed by atoms with Crippen LogP contribution in [0.25, 0.3) is 0 Å². The summed E-state index contributed by atoms with van der Waals surface area (Å²) in [5, 5.41) is 0. The van der Waals surface area contributed by atoms with Gasteiger partial charge in [0, 0.05) is 31.4 Å². The van der Waals surface area contributed by atoms with Gasteiger partial charge in [-0.1, -0.05) is 18.3 Å². The monoisotopic (exact) mass is 293 g/mol. The second-order valence-corrected chi connectivity index (χ2v) is 5.25. The van der Waals surface area contributed by atoms with Gasteiger partial charge in [0.05, 0.1) is 6.54 Å². The molecule has 2 N–H and O–H groups in total. The molecule has 1 amide bonds. The van der Waals surface area contributed by atoms with Crippen molar-refractivity contribution in [3.63, 3.8) is 0 Å². The van der Waals surface area contributed by atoms with Crippen LogP contribution in [0.4, 0.5) is 5.69 Å². The standard InChI is InChI=1S/C15H23N3OS/c1-5-18(6-2)14(19)10-17(4)13-9-11(3)7-8-12(13)15(16)20/h7-9H,5-6,10H2,1-4H3,(H2,16,20). The van der Waals surface area contributed by atoms with E-state index in [1.807, 2.05) is 55.8 Å². The molecule has 0 aromatic heterocycles. The van der Waals surface area contributed by atoms with Crippen molar-refractivity contribution in [2.75, 3.05) is 31.6 Å². The minimum absolute atomic E-state index is 0.105. The Kier molecular flexibility index (Phi) is 5.95. The molecule has 110 valence electrons. The fourth-order valence-corrected chi connectivity index (χ4v) is 2.30. The van der Waals surface area contributed by atoms with E-state index in [1.54, 1.807) is 0 Å². The molecule has 0 aliphatic carbocycles. The average molecular weight is 293 g/mol. The zero-order valence-electron chi connectivity index (χ0n) is 12.6. The molecule has 0 saturated heterocycles. The third-order valence-corrected chi connectivity index (χ3v) is 3.54. The lowest BCUT2D eigenvalue weighted by atomic mass is 10.1. The topological polar surface area (TPSA) is 49.6 Å². The molecule has 0 aliphatic rings. The van der Waals surface area contributed by atoms with E-state index in [2.05, 4.69) is 0 Å². The maximum atomic E-state index is 12.2. The Balaban J connectivity index is 2.97. The molecule has 1 aromatic rings. The lowest BCUT2D eigenvalue weighted by Gasteiger charge is -2.26. The maximum Gasteiger partial charge on any atom is 0.242 e. The molecule has 5 heteroatoms. The predicted molar refractivity (Wildman–Crippen MR) is 88.3 cm³/mol. The van der Waals surface area contributed by atoms with Crippen LogP contribution in [0.5, 0.6) is 0 Å². The Morgan fingerprint density at radius 1 is 1.30 bits per heavy atom. The zero-order valence-corrected chi connectivity index (χ0v) is 13.5. The number of nitrogens with two attached hydrogens (primary N) is 1. The van der Waals surface area contributed by atoms with E-state index < -0.39 is 0 Å². The normalized spacial score (nSPS) is 10.2. The van der Waals surface area contributed by atoms with Gasteiger partial charge in [0.25, 0.3) is 0 Å². The number of hydrogen-bond acceptors (Lipinski definition) is 3. The van der Waals surface area contributed by atoms with E-state index >= 15 is 0 Å². The quantitative estimate of drug-likeness (QED) is 0.814. The van der Waals surface area contributed by atoms with Crippen LogP contribution >= 0.6 is 12.2 Å². The number of aryl methyl sites for hydroxylation is 1. The number of rotatable bonds is 6. The molecule has 0 bridgehead atoms. The van der Waals surface area contributed by atoms with Crippen LogP contribution in [0.15, 0.2) is 18.2 Å². The molecular formula is C15H23N3OS. The first-order valence-corrected chi connectivity index (χ1v) is 7.20. The Bertz CT molecular complexity index is 498. The van der Waals surface area contributed by atoms with E-state index in [-0.39, 0.29) is 5.91 Å². The summed E-state index contributed by atoms with van der Waals surface area (Å²) in [5.74, 6) is 0.105. The summed E-state index contributed by atoms with van der Waals surface area (Å²) < 4.78 is 0. The maximum absolute atomic E-state index is 12.2. The van der Waals surface area contributed by atoms with Gasteiger partial charge in [-0.25, -0.2) is 0 Å². The molecule has 0 unspecified atom stereocenters. The Morgan fingerprint density at radius 3 is 2.40 bits per heavy atom. The molecule has 0 fully saturated rings. The van der Waals surface area contributed by atoms with Crippen molar-refractivity contribution in [1.82, 2.24) is 4.90 Å². The highest BCUT2D eigenvalue weighted by Crippen LogP contribution is 2.21. The second-order valence-electron chi connectivity index (χ2n) is 4.81. The molecule has 20 heavy (non-hydrogen) atoms. The summed E-state index contributed by atoms with van der Waals surface area (Å²) in [6.45, 7) is 7.73. The minimum atomic E-state index is 0.105. The van der Waals surface area contributed by atoms with Gasteiger partial charge in [0.15, 0.2) is 0 Å². The van der Waals surface area contributed by atoms with Gasteiger partial charge >= 0.3 is 0 Å². The summed E-state index contributed by atoms with van der Waals surface area (Å²) >= 11 is 5.08. The SMILES string of the molecule is CCN(CC)C(=O)CN(C)c1cc(C)ccc1C(N)=S. The number of hydrogen-bond donors (Lipinski definition) is 1. The molecule has 4 nitrogen and oxygen atoms in total.